The molecular formula is C20H17Cl2F3N4O4S. The fourth-order valence-electron chi connectivity index (χ4n) is 3.40. The summed E-state index contributed by atoms with van der Waals surface area (Å²) >= 11 is 17.4. The van der Waals surface area contributed by atoms with Gasteiger partial charge in [-0.25, -0.2) is 0 Å². The first kappa shape index (κ1) is 25.8. The average Bonchev–Trinajstić information content (AvgIpc) is 2.77. The van der Waals surface area contributed by atoms with E-state index in [1.54, 1.807) is 9.80 Å². The van der Waals surface area contributed by atoms with Gasteiger partial charge in [0.15, 0.2) is 10.9 Å². The van der Waals surface area contributed by atoms with E-state index < -0.39 is 28.3 Å². The van der Waals surface area contributed by atoms with Gasteiger partial charge in [-0.15, -0.1) is 0 Å². The van der Waals surface area contributed by atoms with Gasteiger partial charge in [-0.3, -0.25) is 20.2 Å². The van der Waals surface area contributed by atoms with Gasteiger partial charge in [0.1, 0.15) is 5.69 Å². The molecule has 0 bridgehead atoms. The molecule has 0 saturated carbocycles. The highest BCUT2D eigenvalue weighted by Crippen LogP contribution is 2.37. The van der Waals surface area contributed by atoms with Crippen LogP contribution >= 0.6 is 35.4 Å². The van der Waals surface area contributed by atoms with E-state index in [9.17, 15) is 28.1 Å². The standard InChI is InChI=1S/C20H17Cl2F3N4O4S/c1-33-17-13(21)8-11(9-14(17)22)18(30)26-19(34)28-6-4-27(5-7-28)15-3-2-12(20(23,24)25)10-16(15)29(31)32/h2-3,8-10H,4-7H2,1H3,(H,26,30,34). The van der Waals surface area contributed by atoms with Crippen molar-refractivity contribution >= 4 is 57.8 Å². The average molecular weight is 537 g/mol. The molecule has 0 unspecified atom stereocenters. The van der Waals surface area contributed by atoms with Crippen molar-refractivity contribution in [3.8, 4) is 5.75 Å². The number of halogens is 5. The number of methoxy groups -OCH3 is 1. The van der Waals surface area contributed by atoms with Crippen molar-refractivity contribution < 1.29 is 27.6 Å². The summed E-state index contributed by atoms with van der Waals surface area (Å²) in [6, 6.07) is 5.19. The highest BCUT2D eigenvalue weighted by atomic mass is 35.5. The minimum Gasteiger partial charge on any atom is -0.494 e. The molecule has 1 aliphatic heterocycles. The second kappa shape index (κ2) is 10.2. The number of nitro groups is 1. The number of nitrogens with one attached hydrogen (secondary N) is 1. The van der Waals surface area contributed by atoms with Crippen molar-refractivity contribution in [3.63, 3.8) is 0 Å². The van der Waals surface area contributed by atoms with Crippen LogP contribution in [-0.2, 0) is 6.18 Å². The van der Waals surface area contributed by atoms with Gasteiger partial charge in [0.05, 0.1) is 27.6 Å². The second-order valence-corrected chi connectivity index (χ2v) is 8.37. The van der Waals surface area contributed by atoms with E-state index in [1.165, 1.54) is 19.2 Å². The van der Waals surface area contributed by atoms with E-state index >= 15 is 0 Å². The number of carbonyl (C=O) groups is 1. The topological polar surface area (TPSA) is 88.0 Å². The van der Waals surface area contributed by atoms with Crippen molar-refractivity contribution in [3.05, 3.63) is 61.6 Å². The van der Waals surface area contributed by atoms with E-state index in [1.807, 2.05) is 0 Å². The first-order chi connectivity index (χ1) is 15.9. The normalized spacial score (nSPS) is 14.1. The number of piperazine rings is 1. The summed E-state index contributed by atoms with van der Waals surface area (Å²) in [5.74, 6) is -0.312. The van der Waals surface area contributed by atoms with Crippen LogP contribution in [0, 0.1) is 10.1 Å². The van der Waals surface area contributed by atoms with E-state index in [-0.39, 0.29) is 58.3 Å². The molecule has 0 radical (unpaired) electrons. The van der Waals surface area contributed by atoms with E-state index in [0.717, 1.165) is 12.1 Å². The maximum absolute atomic E-state index is 12.9. The number of nitro benzene ring substituents is 1. The Morgan fingerprint density at radius 2 is 1.74 bits per heavy atom. The molecule has 1 N–H and O–H groups in total. The molecule has 1 heterocycles. The van der Waals surface area contributed by atoms with Gasteiger partial charge in [0, 0.05) is 37.8 Å². The highest BCUT2D eigenvalue weighted by Gasteiger charge is 2.34. The van der Waals surface area contributed by atoms with Gasteiger partial charge in [-0.1, -0.05) is 23.2 Å². The molecule has 1 fully saturated rings. The van der Waals surface area contributed by atoms with Crippen molar-refractivity contribution in [1.29, 1.82) is 0 Å². The predicted octanol–water partition coefficient (Wildman–Crippen LogP) is 4.77. The fourth-order valence-corrected chi connectivity index (χ4v) is 4.31. The summed E-state index contributed by atoms with van der Waals surface area (Å²) in [4.78, 5) is 26.4. The van der Waals surface area contributed by atoms with Gasteiger partial charge in [0.2, 0.25) is 0 Å². The smallest absolute Gasteiger partial charge is 0.416 e. The summed E-state index contributed by atoms with van der Waals surface area (Å²) in [7, 11) is 1.39. The van der Waals surface area contributed by atoms with Gasteiger partial charge in [0.25, 0.3) is 11.6 Å². The van der Waals surface area contributed by atoms with E-state index in [0.29, 0.717) is 6.07 Å². The lowest BCUT2D eigenvalue weighted by molar-refractivity contribution is -0.384. The first-order valence-electron chi connectivity index (χ1n) is 9.66. The Labute approximate surface area is 207 Å². The summed E-state index contributed by atoms with van der Waals surface area (Å²) in [5.41, 5.74) is -1.48. The molecule has 3 rings (SSSR count). The van der Waals surface area contributed by atoms with Crippen LogP contribution in [0.3, 0.4) is 0 Å². The van der Waals surface area contributed by atoms with Crippen LogP contribution in [-0.4, -0.2) is 54.1 Å². The first-order valence-corrected chi connectivity index (χ1v) is 10.8. The zero-order valence-electron chi connectivity index (χ0n) is 17.5. The molecule has 0 spiro atoms. The van der Waals surface area contributed by atoms with E-state index in [4.69, 9.17) is 40.2 Å². The number of rotatable bonds is 4. The number of ether oxygens (including phenoxy) is 1. The zero-order valence-corrected chi connectivity index (χ0v) is 19.8. The van der Waals surface area contributed by atoms with Gasteiger partial charge < -0.3 is 14.5 Å². The Morgan fingerprint density at radius 3 is 2.24 bits per heavy atom. The maximum atomic E-state index is 12.9. The molecule has 1 amide bonds. The molecule has 14 heteroatoms. The number of carbonyl (C=O) groups excluding carboxylic acids is 1. The molecule has 0 atom stereocenters. The van der Waals surface area contributed by atoms with Crippen molar-refractivity contribution in [2.45, 2.75) is 6.18 Å². The Bertz CT molecular complexity index is 1120. The van der Waals surface area contributed by atoms with Crippen molar-refractivity contribution in [2.24, 2.45) is 0 Å². The maximum Gasteiger partial charge on any atom is 0.416 e. The lowest BCUT2D eigenvalue weighted by atomic mass is 10.1. The molecule has 2 aromatic rings. The Balaban J connectivity index is 1.66. The van der Waals surface area contributed by atoms with Crippen LogP contribution in [0.5, 0.6) is 5.75 Å². The number of amides is 1. The molecular weight excluding hydrogens is 520 g/mol. The second-order valence-electron chi connectivity index (χ2n) is 7.16. The molecule has 0 aliphatic carbocycles. The number of hydrogen-bond acceptors (Lipinski definition) is 6. The molecule has 2 aromatic carbocycles. The summed E-state index contributed by atoms with van der Waals surface area (Å²) in [5, 5.41) is 14.4. The lowest BCUT2D eigenvalue weighted by Crippen LogP contribution is -2.52. The fraction of sp³-hybridized carbons (Fsp3) is 0.300. The third kappa shape index (κ3) is 5.62. The van der Waals surface area contributed by atoms with Crippen LogP contribution in [0.15, 0.2) is 30.3 Å². The largest absolute Gasteiger partial charge is 0.494 e. The SMILES string of the molecule is COc1c(Cl)cc(C(=O)NC(=S)N2CCN(c3ccc(C(F)(F)F)cc3[N+](=O)[O-])CC2)cc1Cl. The predicted molar refractivity (Wildman–Crippen MR) is 125 cm³/mol. The zero-order chi connectivity index (χ0) is 25.2. The number of alkyl halides is 3. The monoisotopic (exact) mass is 536 g/mol. The summed E-state index contributed by atoms with van der Waals surface area (Å²) in [6.45, 7) is 1.04. The number of hydrogen-bond donors (Lipinski definition) is 1. The molecule has 0 aromatic heterocycles. The Kier molecular flexibility index (Phi) is 7.74. The van der Waals surface area contributed by atoms with Crippen LogP contribution in [0.1, 0.15) is 15.9 Å². The van der Waals surface area contributed by atoms with Crippen LogP contribution in [0.25, 0.3) is 0 Å². The Hall–Kier alpha value is -2.83. The van der Waals surface area contributed by atoms with Crippen LogP contribution < -0.4 is 15.0 Å². The molecule has 1 aliphatic rings. The third-order valence-corrected chi connectivity index (χ3v) is 6.01. The van der Waals surface area contributed by atoms with Gasteiger partial charge >= 0.3 is 6.18 Å². The lowest BCUT2D eigenvalue weighted by Gasteiger charge is -2.37. The number of benzene rings is 2. The molecule has 182 valence electrons. The third-order valence-electron chi connectivity index (χ3n) is 5.09. The number of nitrogens with zero attached hydrogens (tertiary/aromatic N) is 3. The van der Waals surface area contributed by atoms with E-state index in [2.05, 4.69) is 5.32 Å². The number of thiocarbonyl (C=S) groups is 1. The Morgan fingerprint density at radius 1 is 1.15 bits per heavy atom. The van der Waals surface area contributed by atoms with Gasteiger partial charge in [-0.05, 0) is 36.5 Å². The van der Waals surface area contributed by atoms with Crippen LogP contribution in [0.4, 0.5) is 24.5 Å². The quantitative estimate of drug-likeness (QED) is 0.342. The van der Waals surface area contributed by atoms with Crippen molar-refractivity contribution in [2.75, 3.05) is 38.2 Å². The minimum absolute atomic E-state index is 0.0788. The molecule has 1 saturated heterocycles. The molecule has 8 nitrogen and oxygen atoms in total. The highest BCUT2D eigenvalue weighted by molar-refractivity contribution is 7.80. The summed E-state index contributed by atoms with van der Waals surface area (Å²) in [6.07, 6.45) is -4.69. The van der Waals surface area contributed by atoms with Crippen LogP contribution in [0.2, 0.25) is 10.0 Å². The van der Waals surface area contributed by atoms with Crippen molar-refractivity contribution in [1.82, 2.24) is 10.2 Å². The molecule has 34 heavy (non-hydrogen) atoms. The summed E-state index contributed by atoms with van der Waals surface area (Å²) < 4.78 is 43.9. The number of anilines is 1. The minimum atomic E-state index is -4.69. The van der Waals surface area contributed by atoms with Gasteiger partial charge in [-0.2, -0.15) is 13.2 Å².